The highest BCUT2D eigenvalue weighted by molar-refractivity contribution is 5.86. The van der Waals surface area contributed by atoms with Gasteiger partial charge in [-0.1, -0.05) is 6.07 Å². The predicted molar refractivity (Wildman–Crippen MR) is 77.7 cm³/mol. The summed E-state index contributed by atoms with van der Waals surface area (Å²) < 4.78 is 0. The van der Waals surface area contributed by atoms with Crippen LogP contribution in [0.1, 0.15) is 32.4 Å². The van der Waals surface area contributed by atoms with Crippen molar-refractivity contribution in [3.63, 3.8) is 0 Å². The molecule has 1 unspecified atom stereocenters. The lowest BCUT2D eigenvalue weighted by atomic mass is 10.00. The Labute approximate surface area is 124 Å². The average Bonchev–Trinajstić information content (AvgIpc) is 2.88. The molecule has 0 saturated carbocycles. The van der Waals surface area contributed by atoms with Crippen LogP contribution in [0, 0.1) is 0 Å². The summed E-state index contributed by atoms with van der Waals surface area (Å²) in [5.74, 6) is -0.942. The number of hydrogen-bond donors (Lipinski definition) is 1. The van der Waals surface area contributed by atoms with Crippen LogP contribution in [0.5, 0.6) is 0 Å². The van der Waals surface area contributed by atoms with E-state index in [0.29, 0.717) is 26.1 Å². The standard InChI is InChI=1S/C15H21N3O3/c1-3-17(11-12-7-4-5-9-16-12)14(21)18-10-6-8-15(18,2)13(19)20/h4-5,7,9H,3,6,8,10-11H2,1-2H3,(H,19,20). The fourth-order valence-electron chi connectivity index (χ4n) is 2.66. The number of carbonyl (C=O) groups is 2. The van der Waals surface area contributed by atoms with Crippen molar-refractivity contribution >= 4 is 12.0 Å². The summed E-state index contributed by atoms with van der Waals surface area (Å²) >= 11 is 0. The highest BCUT2D eigenvalue weighted by Gasteiger charge is 2.47. The molecule has 1 aliphatic heterocycles. The number of aliphatic carboxylic acids is 1. The van der Waals surface area contributed by atoms with Crippen molar-refractivity contribution in [1.82, 2.24) is 14.8 Å². The first-order chi connectivity index (χ1) is 9.99. The van der Waals surface area contributed by atoms with Gasteiger partial charge in [-0.2, -0.15) is 0 Å². The summed E-state index contributed by atoms with van der Waals surface area (Å²) in [6, 6.07) is 5.32. The molecule has 2 heterocycles. The summed E-state index contributed by atoms with van der Waals surface area (Å²) in [5.41, 5.74) is -0.307. The molecule has 1 saturated heterocycles. The second-order valence-corrected chi connectivity index (χ2v) is 5.45. The van der Waals surface area contributed by atoms with Crippen LogP contribution >= 0.6 is 0 Å². The number of urea groups is 1. The predicted octanol–water partition coefficient (Wildman–Crippen LogP) is 1.96. The zero-order chi connectivity index (χ0) is 15.5. The zero-order valence-corrected chi connectivity index (χ0v) is 12.5. The van der Waals surface area contributed by atoms with Gasteiger partial charge < -0.3 is 14.9 Å². The highest BCUT2D eigenvalue weighted by Crippen LogP contribution is 2.30. The fourth-order valence-corrected chi connectivity index (χ4v) is 2.66. The van der Waals surface area contributed by atoms with Gasteiger partial charge in [0.2, 0.25) is 0 Å². The van der Waals surface area contributed by atoms with Gasteiger partial charge in [0.15, 0.2) is 0 Å². The second-order valence-electron chi connectivity index (χ2n) is 5.45. The lowest BCUT2D eigenvalue weighted by Crippen LogP contribution is -2.54. The van der Waals surface area contributed by atoms with Gasteiger partial charge in [-0.15, -0.1) is 0 Å². The van der Waals surface area contributed by atoms with Crippen LogP contribution in [0.25, 0.3) is 0 Å². The highest BCUT2D eigenvalue weighted by atomic mass is 16.4. The molecule has 1 aromatic heterocycles. The maximum Gasteiger partial charge on any atom is 0.329 e. The Kier molecular flexibility index (Phi) is 4.45. The minimum absolute atomic E-state index is 0.231. The van der Waals surface area contributed by atoms with E-state index in [9.17, 15) is 14.7 Å². The molecule has 0 aromatic carbocycles. The van der Waals surface area contributed by atoms with Gasteiger partial charge >= 0.3 is 12.0 Å². The molecule has 2 amide bonds. The average molecular weight is 291 g/mol. The first-order valence-corrected chi connectivity index (χ1v) is 7.19. The lowest BCUT2D eigenvalue weighted by Gasteiger charge is -2.35. The Morgan fingerprint density at radius 2 is 2.24 bits per heavy atom. The van der Waals surface area contributed by atoms with Gasteiger partial charge in [0, 0.05) is 19.3 Å². The van der Waals surface area contributed by atoms with Crippen LogP contribution in [0.2, 0.25) is 0 Å². The molecule has 1 aromatic rings. The molecule has 114 valence electrons. The Morgan fingerprint density at radius 1 is 1.48 bits per heavy atom. The molecular weight excluding hydrogens is 270 g/mol. The monoisotopic (exact) mass is 291 g/mol. The van der Waals surface area contributed by atoms with E-state index in [1.165, 1.54) is 4.90 Å². The van der Waals surface area contributed by atoms with Gasteiger partial charge in [0.05, 0.1) is 12.2 Å². The van der Waals surface area contributed by atoms with Crippen LogP contribution in [-0.4, -0.2) is 50.5 Å². The summed E-state index contributed by atoms with van der Waals surface area (Å²) in [6.45, 7) is 4.90. The summed E-state index contributed by atoms with van der Waals surface area (Å²) in [5, 5.41) is 9.41. The van der Waals surface area contributed by atoms with E-state index in [-0.39, 0.29) is 6.03 Å². The maximum atomic E-state index is 12.7. The van der Waals surface area contributed by atoms with Gasteiger partial charge in [0.1, 0.15) is 5.54 Å². The zero-order valence-electron chi connectivity index (χ0n) is 12.5. The minimum Gasteiger partial charge on any atom is -0.480 e. The van der Waals surface area contributed by atoms with Crippen molar-refractivity contribution in [3.05, 3.63) is 30.1 Å². The Morgan fingerprint density at radius 3 is 2.81 bits per heavy atom. The van der Waals surface area contributed by atoms with E-state index in [1.807, 2.05) is 25.1 Å². The van der Waals surface area contributed by atoms with Crippen molar-refractivity contribution < 1.29 is 14.7 Å². The lowest BCUT2D eigenvalue weighted by molar-refractivity contribution is -0.147. The number of carbonyl (C=O) groups excluding carboxylic acids is 1. The van der Waals surface area contributed by atoms with Gasteiger partial charge in [0.25, 0.3) is 0 Å². The molecule has 6 nitrogen and oxygen atoms in total. The number of hydrogen-bond acceptors (Lipinski definition) is 3. The van der Waals surface area contributed by atoms with E-state index in [1.54, 1.807) is 18.0 Å². The molecule has 1 fully saturated rings. The van der Waals surface area contributed by atoms with Gasteiger partial charge in [-0.05, 0) is 38.8 Å². The molecule has 0 radical (unpaired) electrons. The van der Waals surface area contributed by atoms with Crippen molar-refractivity contribution in [2.75, 3.05) is 13.1 Å². The number of amides is 2. The van der Waals surface area contributed by atoms with Crippen molar-refractivity contribution in [2.45, 2.75) is 38.8 Å². The molecule has 6 heteroatoms. The molecule has 0 bridgehead atoms. The SMILES string of the molecule is CCN(Cc1ccccn1)C(=O)N1CCCC1(C)C(=O)O. The number of pyridine rings is 1. The first-order valence-electron chi connectivity index (χ1n) is 7.19. The van der Waals surface area contributed by atoms with Crippen LogP contribution in [0.3, 0.4) is 0 Å². The normalized spacial score (nSPS) is 21.3. The van der Waals surface area contributed by atoms with Crippen LogP contribution in [0.15, 0.2) is 24.4 Å². The van der Waals surface area contributed by atoms with Crippen LogP contribution < -0.4 is 0 Å². The van der Waals surface area contributed by atoms with E-state index in [4.69, 9.17) is 0 Å². The maximum absolute atomic E-state index is 12.7. The summed E-state index contributed by atoms with van der Waals surface area (Å²) in [7, 11) is 0. The summed E-state index contributed by atoms with van der Waals surface area (Å²) in [4.78, 5) is 31.5. The van der Waals surface area contributed by atoms with Gasteiger partial charge in [-0.25, -0.2) is 9.59 Å². The summed E-state index contributed by atoms with van der Waals surface area (Å²) in [6.07, 6.45) is 2.90. The first kappa shape index (κ1) is 15.3. The van der Waals surface area contributed by atoms with E-state index >= 15 is 0 Å². The number of carboxylic acid groups (broad SMARTS) is 1. The smallest absolute Gasteiger partial charge is 0.329 e. The topological polar surface area (TPSA) is 73.7 Å². The molecular formula is C15H21N3O3. The van der Waals surface area contributed by atoms with Crippen molar-refractivity contribution in [2.24, 2.45) is 0 Å². The van der Waals surface area contributed by atoms with Gasteiger partial charge in [-0.3, -0.25) is 4.98 Å². The molecule has 1 atom stereocenters. The molecule has 0 spiro atoms. The third kappa shape index (κ3) is 2.99. The second kappa shape index (κ2) is 6.11. The number of aromatic nitrogens is 1. The Bertz CT molecular complexity index is 520. The number of likely N-dealkylation sites (tertiary alicyclic amines) is 1. The van der Waals surface area contributed by atoms with E-state index < -0.39 is 11.5 Å². The molecule has 2 rings (SSSR count). The largest absolute Gasteiger partial charge is 0.480 e. The quantitative estimate of drug-likeness (QED) is 0.920. The molecule has 21 heavy (non-hydrogen) atoms. The Hall–Kier alpha value is -2.11. The Balaban J connectivity index is 2.15. The molecule has 1 N–H and O–H groups in total. The number of rotatable bonds is 4. The third-order valence-electron chi connectivity index (χ3n) is 4.06. The molecule has 0 aliphatic carbocycles. The van der Waals surface area contributed by atoms with E-state index in [2.05, 4.69) is 4.98 Å². The minimum atomic E-state index is -1.10. The van der Waals surface area contributed by atoms with Crippen LogP contribution in [0.4, 0.5) is 4.79 Å². The van der Waals surface area contributed by atoms with Crippen molar-refractivity contribution in [3.8, 4) is 0 Å². The van der Waals surface area contributed by atoms with Crippen molar-refractivity contribution in [1.29, 1.82) is 0 Å². The number of carboxylic acids is 1. The number of nitrogens with zero attached hydrogens (tertiary/aromatic N) is 3. The molecule has 1 aliphatic rings. The van der Waals surface area contributed by atoms with Crippen LogP contribution in [-0.2, 0) is 11.3 Å². The van der Waals surface area contributed by atoms with E-state index in [0.717, 1.165) is 12.1 Å². The fraction of sp³-hybridized carbons (Fsp3) is 0.533. The third-order valence-corrected chi connectivity index (χ3v) is 4.06.